The van der Waals surface area contributed by atoms with Crippen LogP contribution in [0.5, 0.6) is 0 Å². The van der Waals surface area contributed by atoms with Crippen molar-refractivity contribution in [3.63, 3.8) is 0 Å². The number of unbranched alkanes of at least 4 members (excludes halogenated alkanes) is 1. The summed E-state index contributed by atoms with van der Waals surface area (Å²) in [5, 5.41) is 2.90. The lowest BCUT2D eigenvalue weighted by Crippen LogP contribution is -2.37. The van der Waals surface area contributed by atoms with Gasteiger partial charge in [-0.1, -0.05) is 64.4 Å². The normalized spacial score (nSPS) is 11.4. The van der Waals surface area contributed by atoms with Gasteiger partial charge >= 0.3 is 0 Å². The van der Waals surface area contributed by atoms with Crippen LogP contribution in [0, 0.1) is 12.3 Å². The number of rotatable bonds is 6. The number of pyridine rings is 1. The zero-order valence-electron chi connectivity index (χ0n) is 16.6. The van der Waals surface area contributed by atoms with Crippen LogP contribution in [0.3, 0.4) is 0 Å². The third kappa shape index (κ3) is 4.84. The van der Waals surface area contributed by atoms with Crippen LogP contribution in [0.15, 0.2) is 41.2 Å². The highest BCUT2D eigenvalue weighted by Gasteiger charge is 2.20. The molecule has 1 N–H and O–H groups in total. The fourth-order valence-corrected chi connectivity index (χ4v) is 2.92. The molecule has 1 amide bonds. The van der Waals surface area contributed by atoms with Crippen molar-refractivity contribution in [3.8, 4) is 11.3 Å². The van der Waals surface area contributed by atoms with Gasteiger partial charge in [0.2, 0.25) is 0 Å². The number of amides is 1. The van der Waals surface area contributed by atoms with Gasteiger partial charge in [0.05, 0.1) is 5.69 Å². The number of benzene rings is 1. The van der Waals surface area contributed by atoms with Crippen molar-refractivity contribution >= 4 is 5.91 Å². The van der Waals surface area contributed by atoms with Crippen LogP contribution < -0.4 is 10.9 Å². The Bertz CT molecular complexity index is 815. The molecule has 0 spiro atoms. The van der Waals surface area contributed by atoms with Gasteiger partial charge in [0, 0.05) is 13.1 Å². The minimum atomic E-state index is -0.294. The summed E-state index contributed by atoms with van der Waals surface area (Å²) in [6.45, 7) is 11.4. The molecule has 0 fully saturated rings. The van der Waals surface area contributed by atoms with E-state index in [0.717, 1.165) is 29.7 Å². The molecule has 26 heavy (non-hydrogen) atoms. The highest BCUT2D eigenvalue weighted by molar-refractivity contribution is 5.94. The molecule has 4 nitrogen and oxygen atoms in total. The maximum absolute atomic E-state index is 13.1. The van der Waals surface area contributed by atoms with Crippen molar-refractivity contribution in [1.82, 2.24) is 9.88 Å². The van der Waals surface area contributed by atoms with E-state index in [-0.39, 0.29) is 22.4 Å². The quantitative estimate of drug-likeness (QED) is 0.836. The summed E-state index contributed by atoms with van der Waals surface area (Å²) in [6, 6.07) is 11.6. The Morgan fingerprint density at radius 3 is 2.38 bits per heavy atom. The average molecular weight is 354 g/mol. The molecule has 0 atom stereocenters. The van der Waals surface area contributed by atoms with Gasteiger partial charge in [-0.2, -0.15) is 0 Å². The molecule has 4 heteroatoms. The number of nitrogens with zero attached hydrogens (tertiary/aromatic N) is 1. The first-order valence-electron chi connectivity index (χ1n) is 9.32. The predicted molar refractivity (Wildman–Crippen MR) is 108 cm³/mol. The standard InChI is InChI=1S/C22H30N2O2/c1-6-7-13-24-19(17-11-9-8-10-12-17)16(2)14-18(21(24)26)20(25)23-15-22(3,4)5/h8-12,14H,6-7,13,15H2,1-5H3,(H,23,25). The number of aromatic nitrogens is 1. The number of nitrogens with one attached hydrogen (secondary N) is 1. The second-order valence-corrected chi connectivity index (χ2v) is 8.01. The number of hydrogen-bond acceptors (Lipinski definition) is 2. The zero-order valence-corrected chi connectivity index (χ0v) is 16.6. The Morgan fingerprint density at radius 2 is 1.81 bits per heavy atom. The van der Waals surface area contributed by atoms with Crippen LogP contribution in [0.25, 0.3) is 11.3 Å². The van der Waals surface area contributed by atoms with Gasteiger partial charge in [-0.15, -0.1) is 0 Å². The van der Waals surface area contributed by atoms with Crippen molar-refractivity contribution in [2.45, 2.75) is 54.0 Å². The molecule has 1 heterocycles. The van der Waals surface area contributed by atoms with E-state index in [0.29, 0.717) is 13.1 Å². The van der Waals surface area contributed by atoms with E-state index in [1.807, 2.05) is 37.3 Å². The van der Waals surface area contributed by atoms with E-state index in [1.165, 1.54) is 0 Å². The molecule has 1 aromatic heterocycles. The fourth-order valence-electron chi connectivity index (χ4n) is 2.92. The Balaban J connectivity index is 2.52. The van der Waals surface area contributed by atoms with Gasteiger partial charge in [-0.05, 0) is 36.0 Å². The summed E-state index contributed by atoms with van der Waals surface area (Å²) < 4.78 is 1.76. The fraction of sp³-hybridized carbons (Fsp3) is 0.455. The summed E-state index contributed by atoms with van der Waals surface area (Å²) in [5.74, 6) is -0.294. The van der Waals surface area contributed by atoms with Crippen molar-refractivity contribution < 1.29 is 4.79 Å². The van der Waals surface area contributed by atoms with E-state index in [9.17, 15) is 9.59 Å². The Morgan fingerprint density at radius 1 is 1.15 bits per heavy atom. The van der Waals surface area contributed by atoms with Gasteiger partial charge in [0.25, 0.3) is 11.5 Å². The minimum absolute atomic E-state index is 0.0318. The number of aryl methyl sites for hydroxylation is 1. The van der Waals surface area contributed by atoms with Crippen LogP contribution in [-0.4, -0.2) is 17.0 Å². The van der Waals surface area contributed by atoms with Crippen LogP contribution in [-0.2, 0) is 6.54 Å². The SMILES string of the molecule is CCCCn1c(-c2ccccc2)c(C)cc(C(=O)NCC(C)(C)C)c1=O. The lowest BCUT2D eigenvalue weighted by molar-refractivity contribution is 0.0937. The predicted octanol–water partition coefficient (Wildman–Crippen LogP) is 4.40. The Labute approximate surface area is 156 Å². The molecule has 2 aromatic rings. The molecule has 0 unspecified atom stereocenters. The van der Waals surface area contributed by atoms with Gasteiger partial charge < -0.3 is 9.88 Å². The lowest BCUT2D eigenvalue weighted by Gasteiger charge is -2.20. The molecule has 1 aromatic carbocycles. The molecule has 2 rings (SSSR count). The van der Waals surface area contributed by atoms with Gasteiger partial charge in [0.15, 0.2) is 0 Å². The molecule has 0 aliphatic heterocycles. The van der Waals surface area contributed by atoms with Crippen LogP contribution in [0.1, 0.15) is 56.5 Å². The Kier molecular flexibility index (Phi) is 6.41. The first-order chi connectivity index (χ1) is 12.2. The molecule has 0 saturated carbocycles. The number of hydrogen-bond donors (Lipinski definition) is 1. The molecule has 0 aliphatic rings. The third-order valence-electron chi connectivity index (χ3n) is 4.29. The zero-order chi connectivity index (χ0) is 19.3. The molecule has 140 valence electrons. The van der Waals surface area contributed by atoms with Crippen LogP contribution >= 0.6 is 0 Å². The molecular weight excluding hydrogens is 324 g/mol. The minimum Gasteiger partial charge on any atom is -0.351 e. The van der Waals surface area contributed by atoms with Crippen molar-refractivity contribution in [1.29, 1.82) is 0 Å². The van der Waals surface area contributed by atoms with Gasteiger partial charge in [-0.25, -0.2) is 0 Å². The summed E-state index contributed by atoms with van der Waals surface area (Å²) >= 11 is 0. The monoisotopic (exact) mass is 354 g/mol. The number of carbonyl (C=O) groups is 1. The third-order valence-corrected chi connectivity index (χ3v) is 4.29. The smallest absolute Gasteiger partial charge is 0.263 e. The summed E-state index contributed by atoms with van der Waals surface area (Å²) in [4.78, 5) is 25.7. The molecule has 0 radical (unpaired) electrons. The number of carbonyl (C=O) groups excluding carboxylic acids is 1. The average Bonchev–Trinajstić information content (AvgIpc) is 2.60. The van der Waals surface area contributed by atoms with E-state index >= 15 is 0 Å². The molecule has 0 bridgehead atoms. The highest BCUT2D eigenvalue weighted by Crippen LogP contribution is 2.23. The molecule has 0 saturated heterocycles. The summed E-state index contributed by atoms with van der Waals surface area (Å²) in [6.07, 6.45) is 1.88. The lowest BCUT2D eigenvalue weighted by atomic mass is 9.97. The van der Waals surface area contributed by atoms with E-state index in [4.69, 9.17) is 0 Å². The van der Waals surface area contributed by atoms with E-state index in [2.05, 4.69) is 33.0 Å². The van der Waals surface area contributed by atoms with Crippen LogP contribution in [0.4, 0.5) is 0 Å². The summed E-state index contributed by atoms with van der Waals surface area (Å²) in [5.41, 5.74) is 2.82. The highest BCUT2D eigenvalue weighted by atomic mass is 16.2. The summed E-state index contributed by atoms with van der Waals surface area (Å²) in [7, 11) is 0. The first-order valence-corrected chi connectivity index (χ1v) is 9.32. The van der Waals surface area contributed by atoms with Gasteiger partial charge in [-0.3, -0.25) is 9.59 Å². The Hall–Kier alpha value is -2.36. The maximum atomic E-state index is 13.1. The van der Waals surface area contributed by atoms with Crippen molar-refractivity contribution in [2.75, 3.05) is 6.54 Å². The molecule has 0 aliphatic carbocycles. The van der Waals surface area contributed by atoms with E-state index < -0.39 is 0 Å². The first kappa shape index (κ1) is 20.0. The van der Waals surface area contributed by atoms with E-state index in [1.54, 1.807) is 10.6 Å². The molecular formula is C22H30N2O2. The van der Waals surface area contributed by atoms with Crippen LogP contribution in [0.2, 0.25) is 0 Å². The second-order valence-electron chi connectivity index (χ2n) is 8.01. The topological polar surface area (TPSA) is 51.1 Å². The van der Waals surface area contributed by atoms with Crippen molar-refractivity contribution in [3.05, 3.63) is 57.9 Å². The second kappa shape index (κ2) is 8.35. The largest absolute Gasteiger partial charge is 0.351 e. The maximum Gasteiger partial charge on any atom is 0.263 e. The van der Waals surface area contributed by atoms with Crippen molar-refractivity contribution in [2.24, 2.45) is 5.41 Å². The van der Waals surface area contributed by atoms with Gasteiger partial charge in [0.1, 0.15) is 5.56 Å².